The summed E-state index contributed by atoms with van der Waals surface area (Å²) in [7, 11) is 1.98. The van der Waals surface area contributed by atoms with Crippen LogP contribution < -0.4 is 10.6 Å². The van der Waals surface area contributed by atoms with E-state index in [4.69, 9.17) is 0 Å². The molecule has 1 aromatic heterocycles. The van der Waals surface area contributed by atoms with Crippen molar-refractivity contribution in [1.29, 1.82) is 0 Å². The highest BCUT2D eigenvalue weighted by atomic mass is 16.2. The van der Waals surface area contributed by atoms with Crippen molar-refractivity contribution < 1.29 is 9.59 Å². The Morgan fingerprint density at radius 1 is 1.04 bits per heavy atom. The van der Waals surface area contributed by atoms with Crippen LogP contribution in [0.1, 0.15) is 29.8 Å². The summed E-state index contributed by atoms with van der Waals surface area (Å²) in [6.45, 7) is 4.74. The van der Waals surface area contributed by atoms with Gasteiger partial charge < -0.3 is 15.2 Å². The van der Waals surface area contributed by atoms with Crippen molar-refractivity contribution in [2.45, 2.75) is 20.3 Å². The molecule has 0 bridgehead atoms. The van der Waals surface area contributed by atoms with E-state index in [9.17, 15) is 9.59 Å². The van der Waals surface area contributed by atoms with Gasteiger partial charge in [-0.15, -0.1) is 0 Å². The van der Waals surface area contributed by atoms with Crippen molar-refractivity contribution in [2.24, 2.45) is 13.0 Å². The van der Waals surface area contributed by atoms with Crippen molar-refractivity contribution in [1.82, 2.24) is 9.88 Å². The molecule has 1 heterocycles. The van der Waals surface area contributed by atoms with E-state index in [2.05, 4.69) is 24.5 Å². The quantitative estimate of drug-likeness (QED) is 0.701. The van der Waals surface area contributed by atoms with Crippen molar-refractivity contribution in [3.8, 4) is 0 Å². The Labute approximate surface area is 159 Å². The first-order chi connectivity index (χ1) is 12.9. The molecule has 2 N–H and O–H groups in total. The number of rotatable bonds is 6. The van der Waals surface area contributed by atoms with E-state index < -0.39 is 0 Å². The molecule has 5 nitrogen and oxygen atoms in total. The maximum absolute atomic E-state index is 12.4. The average molecular weight is 363 g/mol. The second-order valence-corrected chi connectivity index (χ2v) is 7.19. The maximum Gasteiger partial charge on any atom is 0.251 e. The lowest BCUT2D eigenvalue weighted by atomic mass is 10.1. The number of hydrogen-bond donors (Lipinski definition) is 2. The minimum absolute atomic E-state index is 0.0802. The second kappa shape index (κ2) is 8.08. The van der Waals surface area contributed by atoms with E-state index in [1.165, 1.54) is 0 Å². The number of aryl methyl sites for hydroxylation is 1. The van der Waals surface area contributed by atoms with Gasteiger partial charge in [0.2, 0.25) is 5.91 Å². The number of carbonyl (C=O) groups excluding carboxylic acids is 2. The minimum Gasteiger partial charge on any atom is -0.352 e. The summed E-state index contributed by atoms with van der Waals surface area (Å²) in [6.07, 6.45) is 2.30. The number of fused-ring (bicyclic) bond motifs is 1. The highest BCUT2D eigenvalue weighted by Crippen LogP contribution is 2.21. The smallest absolute Gasteiger partial charge is 0.251 e. The van der Waals surface area contributed by atoms with Crippen molar-refractivity contribution >= 4 is 28.4 Å². The molecule has 0 aliphatic rings. The molecule has 0 spiro atoms. The molecule has 3 rings (SSSR count). The largest absolute Gasteiger partial charge is 0.352 e. The summed E-state index contributed by atoms with van der Waals surface area (Å²) in [4.78, 5) is 24.5. The zero-order valence-corrected chi connectivity index (χ0v) is 16.0. The number of aromatic nitrogens is 1. The topological polar surface area (TPSA) is 63.1 Å². The number of amides is 2. The van der Waals surface area contributed by atoms with Crippen LogP contribution in [-0.2, 0) is 18.3 Å². The van der Waals surface area contributed by atoms with Crippen LogP contribution in [0, 0.1) is 5.92 Å². The molecule has 0 aliphatic heterocycles. The summed E-state index contributed by atoms with van der Waals surface area (Å²) in [6, 6.07) is 15.0. The van der Waals surface area contributed by atoms with Crippen LogP contribution in [-0.4, -0.2) is 22.9 Å². The van der Waals surface area contributed by atoms with E-state index in [0.29, 0.717) is 30.1 Å². The standard InChI is InChI=1S/C22H25N3O2/c1-15(2)13-23-22(27)16-8-10-18(11-9-16)24-21(26)12-17-14-25(3)20-7-5-4-6-19(17)20/h4-11,14-15H,12-13H2,1-3H3,(H,23,27)(H,24,26). The highest BCUT2D eigenvalue weighted by Gasteiger charge is 2.11. The zero-order chi connectivity index (χ0) is 19.4. The fourth-order valence-corrected chi connectivity index (χ4v) is 3.05. The summed E-state index contributed by atoms with van der Waals surface area (Å²) < 4.78 is 2.03. The predicted molar refractivity (Wildman–Crippen MR) is 109 cm³/mol. The molecule has 140 valence electrons. The monoisotopic (exact) mass is 363 g/mol. The van der Waals surface area contributed by atoms with Gasteiger partial charge >= 0.3 is 0 Å². The lowest BCUT2D eigenvalue weighted by molar-refractivity contribution is -0.115. The molecule has 0 aliphatic carbocycles. The van der Waals surface area contributed by atoms with Gasteiger partial charge in [-0.05, 0) is 41.8 Å². The fraction of sp³-hybridized carbons (Fsp3) is 0.273. The van der Waals surface area contributed by atoms with E-state index in [0.717, 1.165) is 16.5 Å². The summed E-state index contributed by atoms with van der Waals surface area (Å²) >= 11 is 0. The first-order valence-electron chi connectivity index (χ1n) is 9.15. The number of hydrogen-bond acceptors (Lipinski definition) is 2. The summed E-state index contributed by atoms with van der Waals surface area (Å²) in [5.41, 5.74) is 3.37. The summed E-state index contributed by atoms with van der Waals surface area (Å²) in [5.74, 6) is 0.224. The van der Waals surface area contributed by atoms with Crippen molar-refractivity contribution in [3.05, 3.63) is 65.9 Å². The Balaban J connectivity index is 1.63. The molecule has 0 unspecified atom stereocenters. The third kappa shape index (κ3) is 4.56. The Bertz CT molecular complexity index is 955. The van der Waals surface area contributed by atoms with Crippen LogP contribution in [0.3, 0.4) is 0 Å². The molecule has 27 heavy (non-hydrogen) atoms. The molecule has 0 atom stereocenters. The van der Waals surface area contributed by atoms with E-state index in [-0.39, 0.29) is 11.8 Å². The van der Waals surface area contributed by atoms with E-state index in [1.807, 2.05) is 42.1 Å². The van der Waals surface area contributed by atoms with Gasteiger partial charge in [-0.25, -0.2) is 0 Å². The first kappa shape index (κ1) is 18.7. The van der Waals surface area contributed by atoms with Crippen LogP contribution in [0.5, 0.6) is 0 Å². The SMILES string of the molecule is CC(C)CNC(=O)c1ccc(NC(=O)Cc2cn(C)c3ccccc23)cc1. The average Bonchev–Trinajstić information content (AvgIpc) is 2.96. The number of para-hydroxylation sites is 1. The van der Waals surface area contributed by atoms with Crippen LogP contribution in [0.4, 0.5) is 5.69 Å². The molecule has 3 aromatic rings. The van der Waals surface area contributed by atoms with E-state index >= 15 is 0 Å². The number of carbonyl (C=O) groups is 2. The van der Waals surface area contributed by atoms with Gasteiger partial charge in [-0.3, -0.25) is 9.59 Å². The van der Waals surface area contributed by atoms with Gasteiger partial charge in [0.25, 0.3) is 5.91 Å². The van der Waals surface area contributed by atoms with Crippen molar-refractivity contribution in [2.75, 3.05) is 11.9 Å². The van der Waals surface area contributed by atoms with Crippen LogP contribution in [0.15, 0.2) is 54.7 Å². The molecule has 2 amide bonds. The minimum atomic E-state index is -0.0997. The first-order valence-corrected chi connectivity index (χ1v) is 9.15. The van der Waals surface area contributed by atoms with Gasteiger partial charge in [-0.2, -0.15) is 0 Å². The lowest BCUT2D eigenvalue weighted by Gasteiger charge is -2.09. The van der Waals surface area contributed by atoms with E-state index in [1.54, 1.807) is 24.3 Å². The Kier molecular flexibility index (Phi) is 5.60. The molecular formula is C22H25N3O2. The van der Waals surface area contributed by atoms with Crippen LogP contribution in [0.25, 0.3) is 10.9 Å². The highest BCUT2D eigenvalue weighted by molar-refractivity contribution is 5.97. The van der Waals surface area contributed by atoms with Gasteiger partial charge in [0.1, 0.15) is 0 Å². The third-order valence-corrected chi connectivity index (χ3v) is 4.43. The van der Waals surface area contributed by atoms with Crippen molar-refractivity contribution in [3.63, 3.8) is 0 Å². The Morgan fingerprint density at radius 2 is 1.74 bits per heavy atom. The molecule has 5 heteroatoms. The second-order valence-electron chi connectivity index (χ2n) is 7.19. The number of benzene rings is 2. The maximum atomic E-state index is 12.4. The predicted octanol–water partition coefficient (Wildman–Crippen LogP) is 3.75. The van der Waals surface area contributed by atoms with Crippen LogP contribution in [0.2, 0.25) is 0 Å². The number of anilines is 1. The zero-order valence-electron chi connectivity index (χ0n) is 16.0. The lowest BCUT2D eigenvalue weighted by Crippen LogP contribution is -2.27. The van der Waals surface area contributed by atoms with Gasteiger partial charge in [-0.1, -0.05) is 32.0 Å². The number of nitrogens with zero attached hydrogens (tertiary/aromatic N) is 1. The Morgan fingerprint density at radius 3 is 2.44 bits per heavy atom. The molecule has 2 aromatic carbocycles. The molecule has 0 fully saturated rings. The number of nitrogens with one attached hydrogen (secondary N) is 2. The molecule has 0 radical (unpaired) electrons. The fourth-order valence-electron chi connectivity index (χ4n) is 3.05. The third-order valence-electron chi connectivity index (χ3n) is 4.43. The van der Waals surface area contributed by atoms with Gasteiger partial charge in [0.15, 0.2) is 0 Å². The molecular weight excluding hydrogens is 338 g/mol. The molecule has 0 saturated heterocycles. The Hall–Kier alpha value is -3.08. The van der Waals surface area contributed by atoms with Crippen LogP contribution >= 0.6 is 0 Å². The van der Waals surface area contributed by atoms with Gasteiger partial charge in [0, 0.05) is 41.9 Å². The normalized spacial score (nSPS) is 11.0. The summed E-state index contributed by atoms with van der Waals surface area (Å²) in [5, 5.41) is 6.87. The molecule has 0 saturated carbocycles. The van der Waals surface area contributed by atoms with Gasteiger partial charge in [0.05, 0.1) is 6.42 Å².